The third kappa shape index (κ3) is 3.16. The largest absolute Gasteiger partial charge is 0.276 e. The van der Waals surface area contributed by atoms with Gasteiger partial charge in [-0.25, -0.2) is 0 Å². The monoisotopic (exact) mass is 346 g/mol. The second-order valence-corrected chi connectivity index (χ2v) is 6.20. The van der Waals surface area contributed by atoms with Gasteiger partial charge < -0.3 is 0 Å². The second-order valence-electron chi connectivity index (χ2n) is 5.76. The van der Waals surface area contributed by atoms with Crippen molar-refractivity contribution in [3.63, 3.8) is 0 Å². The molecule has 0 aliphatic rings. The molecule has 4 rings (SSSR count). The van der Waals surface area contributed by atoms with E-state index in [1.807, 2.05) is 67.7 Å². The number of halogens is 1. The quantitative estimate of drug-likeness (QED) is 0.557. The number of aromatic nitrogens is 4. The lowest BCUT2D eigenvalue weighted by Gasteiger charge is -2.06. The maximum atomic E-state index is 5.97. The molecule has 0 aliphatic heterocycles. The van der Waals surface area contributed by atoms with Crippen LogP contribution in [0.3, 0.4) is 0 Å². The normalized spacial score (nSPS) is 10.8. The molecule has 3 heterocycles. The Kier molecular flexibility index (Phi) is 4.04. The van der Waals surface area contributed by atoms with E-state index < -0.39 is 0 Å². The van der Waals surface area contributed by atoms with Crippen LogP contribution in [0.4, 0.5) is 0 Å². The van der Waals surface area contributed by atoms with Gasteiger partial charge >= 0.3 is 0 Å². The number of hydrogen-bond acceptors (Lipinski definition) is 3. The van der Waals surface area contributed by atoms with Crippen molar-refractivity contribution in [1.29, 1.82) is 0 Å². The highest BCUT2D eigenvalue weighted by Crippen LogP contribution is 2.31. The van der Waals surface area contributed by atoms with Gasteiger partial charge in [-0.15, -0.1) is 0 Å². The van der Waals surface area contributed by atoms with Crippen LogP contribution in [0.2, 0.25) is 5.02 Å². The number of pyridine rings is 2. The van der Waals surface area contributed by atoms with E-state index in [4.69, 9.17) is 11.6 Å². The van der Waals surface area contributed by atoms with Crippen LogP contribution in [0.1, 0.15) is 5.69 Å². The van der Waals surface area contributed by atoms with E-state index in [-0.39, 0.29) is 0 Å². The van der Waals surface area contributed by atoms with Gasteiger partial charge in [0.1, 0.15) is 0 Å². The molecule has 0 fully saturated rings. The van der Waals surface area contributed by atoms with Crippen LogP contribution in [0.5, 0.6) is 0 Å². The zero-order valence-electron chi connectivity index (χ0n) is 13.6. The first-order chi connectivity index (χ1) is 12.2. The average molecular weight is 347 g/mol. The lowest BCUT2D eigenvalue weighted by atomic mass is 10.0. The molecular formula is C20H15ClN4. The summed E-state index contributed by atoms with van der Waals surface area (Å²) in [6, 6.07) is 17.6. The lowest BCUT2D eigenvalue weighted by molar-refractivity contribution is 1.08. The fourth-order valence-corrected chi connectivity index (χ4v) is 2.89. The van der Waals surface area contributed by atoms with Crippen LogP contribution in [-0.2, 0) is 0 Å². The Bertz CT molecular complexity index is 1020. The number of benzene rings is 1. The van der Waals surface area contributed by atoms with Crippen molar-refractivity contribution in [2.45, 2.75) is 6.92 Å². The molecule has 0 radical (unpaired) electrons. The molecule has 25 heavy (non-hydrogen) atoms. The topological polar surface area (TPSA) is 54.5 Å². The highest BCUT2D eigenvalue weighted by molar-refractivity contribution is 6.30. The number of H-pyrrole nitrogens is 1. The van der Waals surface area contributed by atoms with Crippen molar-refractivity contribution in [2.75, 3.05) is 0 Å². The van der Waals surface area contributed by atoms with Gasteiger partial charge in [-0.2, -0.15) is 5.10 Å². The van der Waals surface area contributed by atoms with Gasteiger partial charge in [-0.1, -0.05) is 29.8 Å². The zero-order valence-corrected chi connectivity index (χ0v) is 14.3. The summed E-state index contributed by atoms with van der Waals surface area (Å²) in [6.07, 6.45) is 3.63. The lowest BCUT2D eigenvalue weighted by Crippen LogP contribution is -1.90. The number of aryl methyl sites for hydroxylation is 1. The van der Waals surface area contributed by atoms with Gasteiger partial charge in [0.2, 0.25) is 0 Å². The average Bonchev–Trinajstić information content (AvgIpc) is 3.12. The number of aromatic amines is 1. The highest BCUT2D eigenvalue weighted by Gasteiger charge is 2.12. The van der Waals surface area contributed by atoms with Crippen LogP contribution in [0, 0.1) is 6.92 Å². The predicted molar refractivity (Wildman–Crippen MR) is 100 cm³/mol. The molecule has 0 unspecified atom stereocenters. The standard InChI is InChI=1S/C20H15ClN4/c1-13-3-2-4-18(24-13)20-17(12-23-25-20)15-9-10-22-19(11-15)14-5-7-16(21)8-6-14/h2-12H,1H3,(H,23,25). The molecule has 4 nitrogen and oxygen atoms in total. The summed E-state index contributed by atoms with van der Waals surface area (Å²) >= 11 is 5.97. The zero-order chi connectivity index (χ0) is 17.2. The fourth-order valence-electron chi connectivity index (χ4n) is 2.76. The molecule has 4 aromatic rings. The van der Waals surface area contributed by atoms with Gasteiger partial charge in [-0.3, -0.25) is 15.1 Å². The molecule has 5 heteroatoms. The summed E-state index contributed by atoms with van der Waals surface area (Å²) in [5.74, 6) is 0. The molecular weight excluding hydrogens is 332 g/mol. The second kappa shape index (κ2) is 6.49. The van der Waals surface area contributed by atoms with Crippen molar-refractivity contribution >= 4 is 11.6 Å². The summed E-state index contributed by atoms with van der Waals surface area (Å²) in [5.41, 5.74) is 6.68. The third-order valence-electron chi connectivity index (χ3n) is 3.99. The Morgan fingerprint density at radius 1 is 0.920 bits per heavy atom. The molecule has 0 bridgehead atoms. The summed E-state index contributed by atoms with van der Waals surface area (Å²) in [4.78, 5) is 9.07. The van der Waals surface area contributed by atoms with Gasteiger partial charge in [-0.05, 0) is 48.9 Å². The summed E-state index contributed by atoms with van der Waals surface area (Å²) < 4.78 is 0. The minimum atomic E-state index is 0.711. The SMILES string of the molecule is Cc1cccc(-c2[nH]ncc2-c2ccnc(-c3ccc(Cl)cc3)c2)n1. The fraction of sp³-hybridized carbons (Fsp3) is 0.0500. The Morgan fingerprint density at radius 3 is 2.56 bits per heavy atom. The van der Waals surface area contributed by atoms with E-state index in [0.29, 0.717) is 5.02 Å². The molecule has 0 atom stereocenters. The maximum Gasteiger partial charge on any atom is 0.0912 e. The van der Waals surface area contributed by atoms with E-state index in [0.717, 1.165) is 39.5 Å². The molecule has 0 aliphatic carbocycles. The Balaban J connectivity index is 1.78. The van der Waals surface area contributed by atoms with Crippen molar-refractivity contribution in [3.05, 3.63) is 77.7 Å². The Labute approximate surface area is 150 Å². The molecule has 1 N–H and O–H groups in total. The van der Waals surface area contributed by atoms with Gasteiger partial charge in [0.05, 0.1) is 23.3 Å². The van der Waals surface area contributed by atoms with Gasteiger partial charge in [0.25, 0.3) is 0 Å². The van der Waals surface area contributed by atoms with Crippen LogP contribution >= 0.6 is 11.6 Å². The molecule has 122 valence electrons. The Hall–Kier alpha value is -2.98. The number of hydrogen-bond donors (Lipinski definition) is 1. The van der Waals surface area contributed by atoms with Crippen LogP contribution in [0.15, 0.2) is 67.0 Å². The van der Waals surface area contributed by atoms with E-state index in [9.17, 15) is 0 Å². The molecule has 0 amide bonds. The number of rotatable bonds is 3. The summed E-state index contributed by atoms with van der Waals surface area (Å²) in [6.45, 7) is 1.98. The van der Waals surface area contributed by atoms with E-state index >= 15 is 0 Å². The predicted octanol–water partition coefficient (Wildman–Crippen LogP) is 5.16. The number of nitrogens with one attached hydrogen (secondary N) is 1. The van der Waals surface area contributed by atoms with Gasteiger partial charge in [0.15, 0.2) is 0 Å². The minimum Gasteiger partial charge on any atom is -0.276 e. The number of nitrogens with zero attached hydrogens (tertiary/aromatic N) is 3. The molecule has 0 saturated carbocycles. The van der Waals surface area contributed by atoms with E-state index in [2.05, 4.69) is 20.2 Å². The van der Waals surface area contributed by atoms with E-state index in [1.54, 1.807) is 6.20 Å². The first-order valence-corrected chi connectivity index (χ1v) is 8.28. The molecule has 0 spiro atoms. The van der Waals surface area contributed by atoms with Crippen molar-refractivity contribution in [1.82, 2.24) is 20.2 Å². The van der Waals surface area contributed by atoms with Crippen molar-refractivity contribution in [2.24, 2.45) is 0 Å². The molecule has 3 aromatic heterocycles. The van der Waals surface area contributed by atoms with Crippen molar-refractivity contribution in [3.8, 4) is 33.8 Å². The van der Waals surface area contributed by atoms with Crippen LogP contribution in [-0.4, -0.2) is 20.2 Å². The Morgan fingerprint density at radius 2 is 1.76 bits per heavy atom. The van der Waals surface area contributed by atoms with Crippen LogP contribution < -0.4 is 0 Å². The third-order valence-corrected chi connectivity index (χ3v) is 4.25. The first kappa shape index (κ1) is 15.5. The summed E-state index contributed by atoms with van der Waals surface area (Å²) in [5, 5.41) is 7.99. The summed E-state index contributed by atoms with van der Waals surface area (Å²) in [7, 11) is 0. The highest BCUT2D eigenvalue weighted by atomic mass is 35.5. The molecule has 0 saturated heterocycles. The first-order valence-electron chi connectivity index (χ1n) is 7.90. The van der Waals surface area contributed by atoms with Gasteiger partial charge in [0, 0.05) is 28.0 Å². The van der Waals surface area contributed by atoms with Crippen LogP contribution in [0.25, 0.3) is 33.8 Å². The van der Waals surface area contributed by atoms with Crippen molar-refractivity contribution < 1.29 is 0 Å². The molecule has 1 aromatic carbocycles. The smallest absolute Gasteiger partial charge is 0.0912 e. The van der Waals surface area contributed by atoms with E-state index in [1.165, 1.54) is 0 Å². The minimum absolute atomic E-state index is 0.711. The maximum absolute atomic E-state index is 5.97.